The van der Waals surface area contributed by atoms with Crippen LogP contribution in [-0.4, -0.2) is 158 Å². The zero-order chi connectivity index (χ0) is 29.5. The second-order valence-corrected chi connectivity index (χ2v) is 12.5. The van der Waals surface area contributed by atoms with Gasteiger partial charge in [-0.2, -0.15) is 0 Å². The lowest BCUT2D eigenvalue weighted by atomic mass is 9.72. The Kier molecular flexibility index (Phi) is 15.7. The van der Waals surface area contributed by atoms with E-state index in [1.54, 1.807) is 0 Å². The van der Waals surface area contributed by atoms with Gasteiger partial charge in [0.05, 0.1) is 0 Å². The first-order valence-corrected chi connectivity index (χ1v) is 15.3. The van der Waals surface area contributed by atoms with E-state index in [0.29, 0.717) is 6.42 Å². The minimum atomic E-state index is 0.155. The molecular weight excluding hydrogens is 500 g/mol. The second kappa shape index (κ2) is 18.1. The van der Waals surface area contributed by atoms with Crippen LogP contribution in [0, 0.1) is 12.3 Å². The van der Waals surface area contributed by atoms with Crippen LogP contribution in [0.25, 0.3) is 0 Å². The molecule has 0 unspecified atom stereocenters. The predicted molar refractivity (Wildman–Crippen MR) is 170 cm³/mol. The van der Waals surface area contributed by atoms with Crippen LogP contribution in [0.4, 0.5) is 5.69 Å². The number of carbonyl (C=O) groups is 1. The van der Waals surface area contributed by atoms with Crippen molar-refractivity contribution in [1.82, 2.24) is 24.5 Å². The Bertz CT molecular complexity index is 793. The SMILES string of the molecule is CCC(=O)COC.CN1CCC2(CC1)CN(C)C2.CN1CCN(C)CC1.Cc1ccc(N2CCN(C)CC2)cc1. The molecule has 8 heteroatoms. The molecule has 4 fully saturated rings. The van der Waals surface area contributed by atoms with Crippen LogP contribution in [0.5, 0.6) is 0 Å². The number of piperidine rings is 1. The molecule has 4 heterocycles. The molecular formula is C32H60N6O2. The number of rotatable bonds is 4. The lowest BCUT2D eigenvalue weighted by molar-refractivity contribution is -0.122. The molecule has 4 saturated heterocycles. The van der Waals surface area contributed by atoms with Gasteiger partial charge in [0.15, 0.2) is 5.78 Å². The fourth-order valence-electron chi connectivity index (χ4n) is 5.50. The van der Waals surface area contributed by atoms with Crippen LogP contribution >= 0.6 is 0 Å². The van der Waals surface area contributed by atoms with Crippen LogP contribution in [0.3, 0.4) is 0 Å². The first kappa shape index (κ1) is 34.7. The lowest BCUT2D eigenvalue weighted by Gasteiger charge is -2.52. The molecule has 0 bridgehead atoms. The monoisotopic (exact) mass is 560 g/mol. The number of hydrogen-bond donors (Lipinski definition) is 0. The predicted octanol–water partition coefficient (Wildman–Crippen LogP) is 2.87. The number of Topliss-reactive ketones (excluding diaryl/α,β-unsaturated/α-hetero) is 1. The van der Waals surface area contributed by atoms with Crippen molar-refractivity contribution in [1.29, 1.82) is 0 Å². The third kappa shape index (κ3) is 13.0. The van der Waals surface area contributed by atoms with Gasteiger partial charge in [0, 0.05) is 84.7 Å². The summed E-state index contributed by atoms with van der Waals surface area (Å²) in [6, 6.07) is 8.82. The molecule has 230 valence electrons. The highest BCUT2D eigenvalue weighted by Crippen LogP contribution is 2.38. The first-order chi connectivity index (χ1) is 19.1. The zero-order valence-electron chi connectivity index (χ0n) is 27.1. The highest BCUT2D eigenvalue weighted by molar-refractivity contribution is 5.79. The highest BCUT2D eigenvalue weighted by atomic mass is 16.5. The van der Waals surface area contributed by atoms with Crippen molar-refractivity contribution in [2.75, 3.05) is 132 Å². The number of anilines is 1. The number of piperazine rings is 2. The van der Waals surface area contributed by atoms with Crippen molar-refractivity contribution >= 4 is 11.5 Å². The second-order valence-electron chi connectivity index (χ2n) is 12.5. The Morgan fingerprint density at radius 3 is 1.50 bits per heavy atom. The number of methoxy groups -OCH3 is 1. The Labute approximate surface area is 246 Å². The maximum Gasteiger partial charge on any atom is 0.158 e. The summed E-state index contributed by atoms with van der Waals surface area (Å²) in [5, 5.41) is 0. The molecule has 4 aliphatic rings. The Morgan fingerprint density at radius 2 is 1.12 bits per heavy atom. The summed E-state index contributed by atoms with van der Waals surface area (Å²) >= 11 is 0. The zero-order valence-corrected chi connectivity index (χ0v) is 27.1. The molecule has 0 radical (unpaired) electrons. The molecule has 1 spiro atoms. The van der Waals surface area contributed by atoms with E-state index in [0.717, 1.165) is 18.5 Å². The fourth-order valence-corrected chi connectivity index (χ4v) is 5.50. The standard InChI is InChI=1S/C12H18N2.C9H18N2.C6H14N2.C5H10O2/c1-11-3-5-12(6-4-11)14-9-7-13(2)8-10-14;1-10-5-3-9(4-6-10)7-11(2)8-9;1-7-3-5-8(2)6-4-7;1-3-5(6)4-7-2/h3-6H,7-10H2,1-2H3;3-8H2,1-2H3;3-6H2,1-2H3;3-4H2,1-2H3. The maximum atomic E-state index is 10.3. The number of aryl methyl sites for hydroxylation is 1. The summed E-state index contributed by atoms with van der Waals surface area (Å²) in [5.41, 5.74) is 3.44. The summed E-state index contributed by atoms with van der Waals surface area (Å²) in [5.74, 6) is 0.155. The Balaban J connectivity index is 0.000000194. The van der Waals surface area contributed by atoms with Gasteiger partial charge in [-0.15, -0.1) is 0 Å². The average molecular weight is 561 g/mol. The molecule has 1 aromatic carbocycles. The first-order valence-electron chi connectivity index (χ1n) is 15.3. The maximum absolute atomic E-state index is 10.3. The molecule has 1 aromatic rings. The van der Waals surface area contributed by atoms with Crippen molar-refractivity contribution in [3.8, 4) is 0 Å². The van der Waals surface area contributed by atoms with Gasteiger partial charge in [-0.05, 0) is 85.6 Å². The van der Waals surface area contributed by atoms with E-state index in [-0.39, 0.29) is 12.4 Å². The molecule has 0 amide bonds. The molecule has 5 rings (SSSR count). The summed E-state index contributed by atoms with van der Waals surface area (Å²) in [4.78, 5) is 24.7. The molecule has 0 saturated carbocycles. The fraction of sp³-hybridized carbons (Fsp3) is 0.781. The van der Waals surface area contributed by atoms with E-state index in [2.05, 4.69) is 101 Å². The van der Waals surface area contributed by atoms with Crippen molar-refractivity contribution < 1.29 is 9.53 Å². The number of carbonyl (C=O) groups excluding carboxylic acids is 1. The number of ketones is 1. The normalized spacial score (nSPS) is 22.1. The summed E-state index contributed by atoms with van der Waals surface area (Å²) in [6.07, 6.45) is 3.43. The number of benzene rings is 1. The number of likely N-dealkylation sites (N-methyl/N-ethyl adjacent to an activating group) is 3. The lowest BCUT2D eigenvalue weighted by Crippen LogP contribution is -2.58. The van der Waals surface area contributed by atoms with E-state index < -0.39 is 0 Å². The molecule has 0 aliphatic carbocycles. The summed E-state index contributed by atoms with van der Waals surface area (Å²) in [7, 11) is 12.5. The average Bonchev–Trinajstić information content (AvgIpc) is 2.93. The largest absolute Gasteiger partial charge is 0.377 e. The van der Waals surface area contributed by atoms with Gasteiger partial charge in [0.2, 0.25) is 0 Å². The van der Waals surface area contributed by atoms with Crippen LogP contribution < -0.4 is 4.90 Å². The van der Waals surface area contributed by atoms with Gasteiger partial charge in [0.1, 0.15) is 6.61 Å². The topological polar surface area (TPSA) is 45.7 Å². The Hall–Kier alpha value is -1.55. The minimum absolute atomic E-state index is 0.155. The van der Waals surface area contributed by atoms with E-state index in [4.69, 9.17) is 0 Å². The Morgan fingerprint density at radius 1 is 0.700 bits per heavy atom. The molecule has 4 aliphatic heterocycles. The summed E-state index contributed by atoms with van der Waals surface area (Å²) < 4.78 is 4.54. The smallest absolute Gasteiger partial charge is 0.158 e. The van der Waals surface area contributed by atoms with Gasteiger partial charge < -0.3 is 34.1 Å². The number of hydrogen-bond acceptors (Lipinski definition) is 8. The van der Waals surface area contributed by atoms with Gasteiger partial charge >= 0.3 is 0 Å². The molecule has 0 aromatic heterocycles. The third-order valence-electron chi connectivity index (χ3n) is 8.59. The minimum Gasteiger partial charge on any atom is -0.377 e. The van der Waals surface area contributed by atoms with Crippen molar-refractivity contribution in [3.05, 3.63) is 29.8 Å². The van der Waals surface area contributed by atoms with E-state index in [1.165, 1.54) is 96.6 Å². The number of likely N-dealkylation sites (tertiary alicyclic amines) is 2. The van der Waals surface area contributed by atoms with Crippen LogP contribution in [0.1, 0.15) is 31.7 Å². The van der Waals surface area contributed by atoms with E-state index >= 15 is 0 Å². The highest BCUT2D eigenvalue weighted by Gasteiger charge is 2.42. The van der Waals surface area contributed by atoms with Crippen LogP contribution in [0.15, 0.2) is 24.3 Å². The molecule has 0 atom stereocenters. The van der Waals surface area contributed by atoms with Crippen LogP contribution in [0.2, 0.25) is 0 Å². The van der Waals surface area contributed by atoms with E-state index in [9.17, 15) is 4.79 Å². The van der Waals surface area contributed by atoms with Crippen molar-refractivity contribution in [2.45, 2.75) is 33.1 Å². The quantitative estimate of drug-likeness (QED) is 0.557. The third-order valence-corrected chi connectivity index (χ3v) is 8.59. The van der Waals surface area contributed by atoms with Crippen molar-refractivity contribution in [2.24, 2.45) is 5.41 Å². The number of ether oxygens (including phenoxy) is 1. The molecule has 8 nitrogen and oxygen atoms in total. The van der Waals surface area contributed by atoms with E-state index in [1.807, 2.05) is 6.92 Å². The van der Waals surface area contributed by atoms with Gasteiger partial charge in [-0.1, -0.05) is 24.6 Å². The number of nitrogens with zero attached hydrogens (tertiary/aromatic N) is 6. The van der Waals surface area contributed by atoms with Crippen molar-refractivity contribution in [3.63, 3.8) is 0 Å². The molecule has 40 heavy (non-hydrogen) atoms. The van der Waals surface area contributed by atoms with Gasteiger partial charge in [-0.3, -0.25) is 4.79 Å². The summed E-state index contributed by atoms with van der Waals surface area (Å²) in [6.45, 7) is 19.1. The van der Waals surface area contributed by atoms with Gasteiger partial charge in [-0.25, -0.2) is 0 Å². The molecule has 0 N–H and O–H groups in total. The van der Waals surface area contributed by atoms with Gasteiger partial charge in [0.25, 0.3) is 0 Å². The van der Waals surface area contributed by atoms with Crippen LogP contribution in [-0.2, 0) is 9.53 Å².